The summed E-state index contributed by atoms with van der Waals surface area (Å²) in [5.41, 5.74) is 0. The molecule has 6 heteroatoms. The topological polar surface area (TPSA) is 89.9 Å². The molecule has 0 aliphatic rings. The van der Waals surface area contributed by atoms with Gasteiger partial charge in [-0.1, -0.05) is 13.8 Å². The molecule has 0 heterocycles. The first-order chi connectivity index (χ1) is 7.25. The number of nitrogens with one attached hydrogen (secondary N) is 1. The van der Waals surface area contributed by atoms with E-state index in [-0.39, 0.29) is 0 Å². The van der Waals surface area contributed by atoms with Crippen LogP contribution < -0.4 is 5.32 Å². The van der Waals surface area contributed by atoms with E-state index in [0.29, 0.717) is 12.5 Å². The molecule has 2 atom stereocenters. The van der Waals surface area contributed by atoms with Crippen molar-refractivity contribution < 1.29 is 19.8 Å². The lowest BCUT2D eigenvalue weighted by atomic mass is 10.1. The van der Waals surface area contributed by atoms with Crippen molar-refractivity contribution in [3.63, 3.8) is 0 Å². The highest BCUT2D eigenvalue weighted by Gasteiger charge is 2.26. The highest BCUT2D eigenvalue weighted by atomic mass is 16.4. The Morgan fingerprint density at radius 1 is 1.31 bits per heavy atom. The van der Waals surface area contributed by atoms with Gasteiger partial charge < -0.3 is 20.4 Å². The summed E-state index contributed by atoms with van der Waals surface area (Å²) >= 11 is 0. The molecule has 0 aromatic rings. The Labute approximate surface area is 95.2 Å². The van der Waals surface area contributed by atoms with Gasteiger partial charge in [-0.05, 0) is 12.8 Å². The van der Waals surface area contributed by atoms with Crippen molar-refractivity contribution in [1.29, 1.82) is 0 Å². The Balaban J connectivity index is 4.31. The number of nitrogens with zero attached hydrogens (tertiary/aromatic N) is 1. The summed E-state index contributed by atoms with van der Waals surface area (Å²) in [6, 6.07) is -0.820. The lowest BCUT2D eigenvalue weighted by Gasteiger charge is -2.25. The number of hydrogen-bond acceptors (Lipinski definition) is 3. The number of aliphatic hydroxyl groups is 1. The monoisotopic (exact) mass is 232 g/mol. The van der Waals surface area contributed by atoms with Crippen molar-refractivity contribution in [2.75, 3.05) is 13.6 Å². The third kappa shape index (κ3) is 4.97. The average Bonchev–Trinajstić information content (AvgIpc) is 2.13. The Morgan fingerprint density at radius 2 is 1.81 bits per heavy atom. The molecule has 0 aromatic heterocycles. The van der Waals surface area contributed by atoms with Gasteiger partial charge in [0.2, 0.25) is 0 Å². The molecule has 0 spiro atoms. The number of carbonyl (C=O) groups is 2. The molecule has 0 radical (unpaired) electrons. The third-order valence-electron chi connectivity index (χ3n) is 2.09. The number of carboxylic acid groups (broad SMARTS) is 1. The van der Waals surface area contributed by atoms with Crippen LogP contribution in [0.4, 0.5) is 4.79 Å². The summed E-state index contributed by atoms with van der Waals surface area (Å²) < 4.78 is 0. The van der Waals surface area contributed by atoms with E-state index in [0.717, 1.165) is 0 Å². The number of hydrogen-bond donors (Lipinski definition) is 3. The van der Waals surface area contributed by atoms with Crippen molar-refractivity contribution in [3.05, 3.63) is 0 Å². The molecule has 0 aliphatic carbocycles. The van der Waals surface area contributed by atoms with Crippen LogP contribution in [0.3, 0.4) is 0 Å². The molecular weight excluding hydrogens is 212 g/mol. The number of carbonyl (C=O) groups excluding carboxylic acids is 1. The van der Waals surface area contributed by atoms with Crippen LogP contribution >= 0.6 is 0 Å². The van der Waals surface area contributed by atoms with Gasteiger partial charge in [-0.2, -0.15) is 0 Å². The van der Waals surface area contributed by atoms with Gasteiger partial charge in [0, 0.05) is 13.6 Å². The van der Waals surface area contributed by atoms with Crippen molar-refractivity contribution >= 4 is 12.0 Å². The van der Waals surface area contributed by atoms with Gasteiger partial charge in [0.05, 0.1) is 6.04 Å². The SMILES string of the molecule is CC(C)CN(C)C(=O)[C@@H](O)[C@H](C)NC(=O)O. The minimum Gasteiger partial charge on any atom is -0.465 e. The maximum atomic E-state index is 11.6. The summed E-state index contributed by atoms with van der Waals surface area (Å²) in [5.74, 6) is -0.182. The van der Waals surface area contributed by atoms with Crippen molar-refractivity contribution in [2.45, 2.75) is 32.9 Å². The van der Waals surface area contributed by atoms with Gasteiger partial charge in [0.25, 0.3) is 5.91 Å². The van der Waals surface area contributed by atoms with Crippen LogP contribution in [-0.4, -0.2) is 52.9 Å². The molecule has 94 valence electrons. The van der Waals surface area contributed by atoms with E-state index in [1.165, 1.54) is 11.8 Å². The van der Waals surface area contributed by atoms with Gasteiger partial charge in [-0.15, -0.1) is 0 Å². The van der Waals surface area contributed by atoms with E-state index in [1.807, 2.05) is 13.8 Å². The second kappa shape index (κ2) is 6.32. The molecule has 0 saturated carbocycles. The molecular formula is C10H20N2O4. The van der Waals surface area contributed by atoms with E-state index in [4.69, 9.17) is 5.11 Å². The third-order valence-corrected chi connectivity index (χ3v) is 2.09. The van der Waals surface area contributed by atoms with E-state index in [2.05, 4.69) is 5.32 Å². The molecule has 0 saturated heterocycles. The molecule has 0 rings (SSSR count). The Hall–Kier alpha value is -1.30. The molecule has 0 aromatic carbocycles. The number of likely N-dealkylation sites (N-methyl/N-ethyl adjacent to an activating group) is 1. The number of aliphatic hydroxyl groups excluding tert-OH is 1. The zero-order valence-corrected chi connectivity index (χ0v) is 10.1. The van der Waals surface area contributed by atoms with Crippen LogP contribution in [0.25, 0.3) is 0 Å². The second-order valence-electron chi connectivity index (χ2n) is 4.30. The maximum Gasteiger partial charge on any atom is 0.404 e. The predicted molar refractivity (Wildman–Crippen MR) is 59.1 cm³/mol. The van der Waals surface area contributed by atoms with Crippen molar-refractivity contribution in [3.8, 4) is 0 Å². The Bertz CT molecular complexity index is 255. The van der Waals surface area contributed by atoms with E-state index in [9.17, 15) is 14.7 Å². The van der Waals surface area contributed by atoms with Gasteiger partial charge in [-0.3, -0.25) is 4.79 Å². The summed E-state index contributed by atoms with van der Waals surface area (Å²) in [6.45, 7) is 5.87. The highest BCUT2D eigenvalue weighted by molar-refractivity contribution is 5.81. The Morgan fingerprint density at radius 3 is 2.19 bits per heavy atom. The quantitative estimate of drug-likeness (QED) is 0.628. The van der Waals surface area contributed by atoms with Crippen molar-refractivity contribution in [2.24, 2.45) is 5.92 Å². The van der Waals surface area contributed by atoms with Gasteiger partial charge in [0.15, 0.2) is 6.10 Å². The molecule has 3 N–H and O–H groups in total. The summed E-state index contributed by atoms with van der Waals surface area (Å²) in [4.78, 5) is 23.4. The van der Waals surface area contributed by atoms with Crippen molar-refractivity contribution in [1.82, 2.24) is 10.2 Å². The largest absolute Gasteiger partial charge is 0.465 e. The number of rotatable bonds is 5. The lowest BCUT2D eigenvalue weighted by Crippen LogP contribution is -2.49. The lowest BCUT2D eigenvalue weighted by molar-refractivity contribution is -0.140. The highest BCUT2D eigenvalue weighted by Crippen LogP contribution is 2.02. The van der Waals surface area contributed by atoms with Gasteiger partial charge in [0.1, 0.15) is 0 Å². The van der Waals surface area contributed by atoms with Crippen LogP contribution in [0, 0.1) is 5.92 Å². The molecule has 0 fully saturated rings. The molecule has 2 amide bonds. The predicted octanol–water partition coefficient (Wildman–Crippen LogP) is 0.118. The zero-order valence-electron chi connectivity index (χ0n) is 10.1. The first kappa shape index (κ1) is 14.7. The second-order valence-corrected chi connectivity index (χ2v) is 4.30. The zero-order chi connectivity index (χ0) is 12.9. The first-order valence-corrected chi connectivity index (χ1v) is 5.18. The molecule has 6 nitrogen and oxygen atoms in total. The van der Waals surface area contributed by atoms with Gasteiger partial charge >= 0.3 is 6.09 Å². The normalized spacial score (nSPS) is 14.4. The minimum absolute atomic E-state index is 0.295. The van der Waals surface area contributed by atoms with E-state index in [1.54, 1.807) is 7.05 Å². The van der Waals surface area contributed by atoms with E-state index < -0.39 is 24.1 Å². The molecule has 0 unspecified atom stereocenters. The summed E-state index contributed by atoms with van der Waals surface area (Å²) in [6.07, 6.45) is -2.61. The average molecular weight is 232 g/mol. The summed E-state index contributed by atoms with van der Waals surface area (Å²) in [7, 11) is 1.58. The molecule has 16 heavy (non-hydrogen) atoms. The van der Waals surface area contributed by atoms with E-state index >= 15 is 0 Å². The van der Waals surface area contributed by atoms with Gasteiger partial charge in [-0.25, -0.2) is 4.79 Å². The first-order valence-electron chi connectivity index (χ1n) is 5.18. The number of amides is 2. The standard InChI is InChI=1S/C10H20N2O4/c1-6(2)5-12(4)9(14)8(13)7(3)11-10(15)16/h6-8,11,13H,5H2,1-4H3,(H,15,16)/t7-,8-/m0/s1. The maximum absolute atomic E-state index is 11.6. The summed E-state index contributed by atoms with van der Waals surface area (Å²) in [5, 5.41) is 20.1. The fourth-order valence-electron chi connectivity index (χ4n) is 1.35. The Kier molecular flexibility index (Phi) is 5.81. The molecule has 0 bridgehead atoms. The van der Waals surface area contributed by atoms with Crippen LogP contribution in [0.15, 0.2) is 0 Å². The minimum atomic E-state index is -1.35. The van der Waals surface area contributed by atoms with Crippen LogP contribution in [-0.2, 0) is 4.79 Å². The smallest absolute Gasteiger partial charge is 0.404 e. The fourth-order valence-corrected chi connectivity index (χ4v) is 1.35. The fraction of sp³-hybridized carbons (Fsp3) is 0.800. The van der Waals surface area contributed by atoms with Crippen LogP contribution in [0.5, 0.6) is 0 Å². The molecule has 0 aliphatic heterocycles. The van der Waals surface area contributed by atoms with Crippen LogP contribution in [0.2, 0.25) is 0 Å². The van der Waals surface area contributed by atoms with Crippen LogP contribution in [0.1, 0.15) is 20.8 Å².